The highest BCUT2D eigenvalue weighted by Gasteiger charge is 2.32. The van der Waals surface area contributed by atoms with Crippen LogP contribution in [0.5, 0.6) is 5.75 Å². The molecule has 1 amide bonds. The number of likely N-dealkylation sites (N-methyl/N-ethyl adjacent to an activating group) is 1. The van der Waals surface area contributed by atoms with Crippen LogP contribution in [-0.2, 0) is 16.8 Å². The summed E-state index contributed by atoms with van der Waals surface area (Å²) in [4.78, 5) is 38.4. The molecule has 0 aliphatic carbocycles. The lowest BCUT2D eigenvalue weighted by Crippen LogP contribution is -2.37. The average Bonchev–Trinajstić information content (AvgIpc) is 3.38. The zero-order chi connectivity index (χ0) is 27.8. The Bertz CT molecular complexity index is 1600. The van der Waals surface area contributed by atoms with Crippen molar-refractivity contribution < 1.29 is 18.3 Å². The number of aryl methyl sites for hydroxylation is 2. The van der Waals surface area contributed by atoms with E-state index in [0.29, 0.717) is 39.4 Å². The van der Waals surface area contributed by atoms with Crippen LogP contribution in [0, 0.1) is 25.5 Å². The predicted molar refractivity (Wildman–Crippen MR) is 141 cm³/mol. The number of amides is 1. The highest BCUT2D eigenvalue weighted by Crippen LogP contribution is 2.32. The van der Waals surface area contributed by atoms with Crippen molar-refractivity contribution in [3.63, 3.8) is 0 Å². The summed E-state index contributed by atoms with van der Waals surface area (Å²) in [6.07, 6.45) is 2.50. The number of ether oxygens (including phenoxy) is 1. The summed E-state index contributed by atoms with van der Waals surface area (Å²) < 4.78 is 34.0. The Morgan fingerprint density at radius 1 is 1.16 bits per heavy atom. The van der Waals surface area contributed by atoms with E-state index in [2.05, 4.69) is 20.3 Å². The van der Waals surface area contributed by atoms with Crippen molar-refractivity contribution >= 4 is 28.8 Å². The summed E-state index contributed by atoms with van der Waals surface area (Å²) in [5.41, 5.74) is 1.33. The normalized spacial score (nSPS) is 11.5. The van der Waals surface area contributed by atoms with Crippen molar-refractivity contribution in [1.82, 2.24) is 24.8 Å². The summed E-state index contributed by atoms with van der Waals surface area (Å²) in [5.74, 6) is -1.79. The Kier molecular flexibility index (Phi) is 7.61. The molecule has 0 unspecified atom stereocenters. The Labute approximate surface area is 226 Å². The summed E-state index contributed by atoms with van der Waals surface area (Å²) >= 11 is 7.71. The quantitative estimate of drug-likeness (QED) is 0.346. The Hall–Kier alpha value is -3.70. The monoisotopic (exact) mass is 559 g/mol. The minimum Gasteiger partial charge on any atom is -0.485 e. The number of nitrogens with one attached hydrogen (secondary N) is 1. The van der Waals surface area contributed by atoms with E-state index in [-0.39, 0.29) is 29.0 Å². The number of halogens is 3. The SMILES string of the molecule is CNC(=O)C(C)(C)c1nc(-c2cc(-n3c(C)cc(OCc4ncc(F)cc4F)c(Cl)c3=O)c(C)cn2)cs1. The van der Waals surface area contributed by atoms with Crippen LogP contribution < -0.4 is 15.6 Å². The lowest BCUT2D eigenvalue weighted by Gasteiger charge is -2.19. The molecule has 0 aromatic carbocycles. The number of hydrogen-bond donors (Lipinski definition) is 1. The molecule has 0 aliphatic rings. The van der Waals surface area contributed by atoms with Gasteiger partial charge in [0.05, 0.1) is 28.7 Å². The van der Waals surface area contributed by atoms with Crippen molar-refractivity contribution in [2.24, 2.45) is 0 Å². The molecular formula is C26H24ClF2N5O3S. The zero-order valence-corrected chi connectivity index (χ0v) is 22.8. The van der Waals surface area contributed by atoms with Crippen molar-refractivity contribution in [2.75, 3.05) is 7.05 Å². The summed E-state index contributed by atoms with van der Waals surface area (Å²) in [6, 6.07) is 3.98. The van der Waals surface area contributed by atoms with Gasteiger partial charge >= 0.3 is 0 Å². The smallest absolute Gasteiger partial charge is 0.277 e. The molecule has 12 heteroatoms. The van der Waals surface area contributed by atoms with Gasteiger partial charge in [-0.15, -0.1) is 11.3 Å². The molecule has 0 bridgehead atoms. The zero-order valence-electron chi connectivity index (χ0n) is 21.2. The van der Waals surface area contributed by atoms with Crippen molar-refractivity contribution in [3.8, 4) is 22.8 Å². The standard InChI is InChI=1S/C26H24ClF2N5O3S/c1-13-9-31-17(19-12-38-25(33-19)26(3,4)24(36)30-5)8-20(13)34-14(2)6-21(22(27)23(34)35)37-11-18-16(29)7-15(28)10-32-18/h6-10,12H,11H2,1-5H3,(H,30,36). The maximum atomic E-state index is 13.9. The van der Waals surface area contributed by atoms with Crippen LogP contribution in [-0.4, -0.2) is 32.5 Å². The molecule has 4 aromatic rings. The number of thiazole rings is 1. The van der Waals surface area contributed by atoms with Crippen molar-refractivity contribution in [2.45, 2.75) is 39.7 Å². The van der Waals surface area contributed by atoms with Gasteiger partial charge in [0.25, 0.3) is 5.56 Å². The van der Waals surface area contributed by atoms with Gasteiger partial charge < -0.3 is 10.1 Å². The molecule has 4 rings (SSSR count). The van der Waals surface area contributed by atoms with Crippen LogP contribution in [0.1, 0.15) is 35.8 Å². The van der Waals surface area contributed by atoms with E-state index < -0.39 is 22.6 Å². The third kappa shape index (κ3) is 5.16. The molecule has 8 nitrogen and oxygen atoms in total. The Morgan fingerprint density at radius 2 is 1.89 bits per heavy atom. The minimum atomic E-state index is -0.866. The van der Waals surface area contributed by atoms with Crippen LogP contribution >= 0.6 is 22.9 Å². The summed E-state index contributed by atoms with van der Waals surface area (Å²) in [5, 5.41) is 4.88. The molecule has 0 atom stereocenters. The molecule has 198 valence electrons. The molecule has 0 radical (unpaired) electrons. The first kappa shape index (κ1) is 27.3. The largest absolute Gasteiger partial charge is 0.485 e. The van der Waals surface area contributed by atoms with Gasteiger partial charge in [-0.3, -0.25) is 24.1 Å². The number of carbonyl (C=O) groups is 1. The van der Waals surface area contributed by atoms with Gasteiger partial charge in [-0.25, -0.2) is 13.8 Å². The van der Waals surface area contributed by atoms with Gasteiger partial charge in [0, 0.05) is 36.5 Å². The molecule has 0 spiro atoms. The maximum Gasteiger partial charge on any atom is 0.277 e. The minimum absolute atomic E-state index is 0.0449. The average molecular weight is 560 g/mol. The van der Waals surface area contributed by atoms with Gasteiger partial charge in [-0.1, -0.05) is 11.6 Å². The van der Waals surface area contributed by atoms with E-state index in [1.165, 1.54) is 15.9 Å². The highest BCUT2D eigenvalue weighted by molar-refractivity contribution is 7.10. The first-order chi connectivity index (χ1) is 17.9. The van der Waals surface area contributed by atoms with Gasteiger partial charge in [0.1, 0.15) is 33.9 Å². The molecule has 38 heavy (non-hydrogen) atoms. The number of hydrogen-bond acceptors (Lipinski definition) is 7. The molecule has 1 N–H and O–H groups in total. The van der Waals surface area contributed by atoms with E-state index in [4.69, 9.17) is 16.3 Å². The van der Waals surface area contributed by atoms with E-state index in [1.807, 2.05) is 5.38 Å². The Morgan fingerprint density at radius 3 is 2.58 bits per heavy atom. The van der Waals surface area contributed by atoms with Gasteiger partial charge in [0.2, 0.25) is 5.91 Å². The topological polar surface area (TPSA) is 99.0 Å². The van der Waals surface area contributed by atoms with Crippen LogP contribution in [0.2, 0.25) is 5.02 Å². The fourth-order valence-corrected chi connectivity index (χ4v) is 4.89. The third-order valence-electron chi connectivity index (χ3n) is 5.96. The van der Waals surface area contributed by atoms with E-state index in [1.54, 1.807) is 53.1 Å². The number of aromatic nitrogens is 4. The number of carbonyl (C=O) groups excluding carboxylic acids is 1. The lowest BCUT2D eigenvalue weighted by atomic mass is 9.93. The molecular weight excluding hydrogens is 536 g/mol. The molecule has 4 heterocycles. The first-order valence-corrected chi connectivity index (χ1v) is 12.7. The molecule has 0 aliphatic heterocycles. The van der Waals surface area contributed by atoms with E-state index in [9.17, 15) is 18.4 Å². The third-order valence-corrected chi connectivity index (χ3v) is 7.47. The second-order valence-corrected chi connectivity index (χ2v) is 10.3. The van der Waals surface area contributed by atoms with Crippen LogP contribution in [0.4, 0.5) is 8.78 Å². The van der Waals surface area contributed by atoms with Crippen molar-refractivity contribution in [1.29, 1.82) is 0 Å². The van der Waals surface area contributed by atoms with Gasteiger partial charge in [-0.2, -0.15) is 0 Å². The summed E-state index contributed by atoms with van der Waals surface area (Å²) in [7, 11) is 1.58. The van der Waals surface area contributed by atoms with E-state index in [0.717, 1.165) is 6.20 Å². The summed E-state index contributed by atoms with van der Waals surface area (Å²) in [6.45, 7) is 6.74. The number of rotatable bonds is 7. The first-order valence-electron chi connectivity index (χ1n) is 11.4. The highest BCUT2D eigenvalue weighted by atomic mass is 35.5. The molecule has 0 fully saturated rings. The maximum absolute atomic E-state index is 13.9. The van der Waals surface area contributed by atoms with Gasteiger partial charge in [0.15, 0.2) is 5.82 Å². The Balaban J connectivity index is 1.69. The second kappa shape index (κ2) is 10.6. The van der Waals surface area contributed by atoms with Crippen LogP contribution in [0.15, 0.2) is 40.8 Å². The van der Waals surface area contributed by atoms with Crippen molar-refractivity contribution in [3.05, 3.63) is 84.9 Å². The fourth-order valence-electron chi connectivity index (χ4n) is 3.76. The second-order valence-electron chi connectivity index (χ2n) is 9.07. The number of nitrogens with zero attached hydrogens (tertiary/aromatic N) is 4. The number of pyridine rings is 3. The van der Waals surface area contributed by atoms with Crippen LogP contribution in [0.25, 0.3) is 17.1 Å². The molecule has 4 aromatic heterocycles. The lowest BCUT2D eigenvalue weighted by molar-refractivity contribution is -0.125. The molecule has 0 saturated heterocycles. The van der Waals surface area contributed by atoms with Crippen LogP contribution in [0.3, 0.4) is 0 Å². The predicted octanol–water partition coefficient (Wildman–Crippen LogP) is 4.90. The van der Waals surface area contributed by atoms with E-state index >= 15 is 0 Å². The fraction of sp³-hybridized carbons (Fsp3) is 0.269. The molecule has 0 saturated carbocycles. The van der Waals surface area contributed by atoms with Gasteiger partial charge in [-0.05, 0) is 39.3 Å².